The Morgan fingerprint density at radius 2 is 1.64 bits per heavy atom. The molecule has 2 aromatic rings. The Kier molecular flexibility index (Phi) is 5.02. The van der Waals surface area contributed by atoms with E-state index in [0.29, 0.717) is 11.3 Å². The highest BCUT2D eigenvalue weighted by molar-refractivity contribution is 6.00. The smallest absolute Gasteiger partial charge is 0.378 e. The number of rotatable bonds is 4. The number of nitrogens with one attached hydrogen (secondary N) is 1. The highest BCUT2D eigenvalue weighted by Gasteiger charge is 2.30. The van der Waals surface area contributed by atoms with E-state index in [-0.39, 0.29) is 17.9 Å². The number of alkyl halides is 3. The average Bonchev–Trinajstić information content (AvgIpc) is 2.79. The first-order valence-electron chi connectivity index (χ1n) is 8.05. The van der Waals surface area contributed by atoms with Gasteiger partial charge in [-0.25, -0.2) is 0 Å². The first-order valence-corrected chi connectivity index (χ1v) is 8.05. The standard InChI is InChI=1S/C19H23F3N2O/c1-12-10-16(13(2)24(12)18(3,4)5)17(25)11-23-15-8-6-14(7-9-15)19(20,21)22/h6-10,23H,11H2,1-5H3. The van der Waals surface area contributed by atoms with Crippen molar-refractivity contribution in [1.82, 2.24) is 4.57 Å². The molecular weight excluding hydrogens is 329 g/mol. The number of hydrogen-bond donors (Lipinski definition) is 1. The summed E-state index contributed by atoms with van der Waals surface area (Å²) < 4.78 is 39.8. The molecule has 1 aromatic heterocycles. The van der Waals surface area contributed by atoms with E-state index in [2.05, 4.69) is 30.7 Å². The molecule has 0 aliphatic rings. The summed E-state index contributed by atoms with van der Waals surface area (Å²) in [4.78, 5) is 12.5. The molecule has 0 saturated heterocycles. The summed E-state index contributed by atoms with van der Waals surface area (Å²) in [6.07, 6.45) is -4.36. The van der Waals surface area contributed by atoms with Gasteiger partial charge in [0, 0.05) is 28.2 Å². The third-order valence-electron chi connectivity index (χ3n) is 4.07. The highest BCUT2D eigenvalue weighted by atomic mass is 19.4. The Labute approximate surface area is 145 Å². The lowest BCUT2D eigenvalue weighted by Crippen LogP contribution is -2.24. The number of aryl methyl sites for hydroxylation is 1. The molecule has 1 aromatic carbocycles. The molecular formula is C19H23F3N2O. The van der Waals surface area contributed by atoms with Crippen LogP contribution in [0.3, 0.4) is 0 Å². The lowest BCUT2D eigenvalue weighted by Gasteiger charge is -2.25. The predicted molar refractivity (Wildman–Crippen MR) is 93.2 cm³/mol. The number of Topliss-reactive ketones (excluding diaryl/α,β-unsaturated/α-hetero) is 1. The van der Waals surface area contributed by atoms with Gasteiger partial charge in [-0.15, -0.1) is 0 Å². The van der Waals surface area contributed by atoms with Crippen LogP contribution in [0.4, 0.5) is 18.9 Å². The van der Waals surface area contributed by atoms with Crippen LogP contribution in [0.2, 0.25) is 0 Å². The summed E-state index contributed by atoms with van der Waals surface area (Å²) in [5.74, 6) is -0.0940. The minimum atomic E-state index is -4.36. The van der Waals surface area contributed by atoms with Gasteiger partial charge >= 0.3 is 6.18 Å². The topological polar surface area (TPSA) is 34.0 Å². The number of ketones is 1. The molecule has 0 spiro atoms. The number of benzene rings is 1. The summed E-state index contributed by atoms with van der Waals surface area (Å²) in [7, 11) is 0. The quantitative estimate of drug-likeness (QED) is 0.770. The van der Waals surface area contributed by atoms with Crippen LogP contribution >= 0.6 is 0 Å². The molecule has 3 nitrogen and oxygen atoms in total. The van der Waals surface area contributed by atoms with Gasteiger partial charge in [0.2, 0.25) is 0 Å². The minimum absolute atomic E-state index is 0.0276. The molecule has 0 amide bonds. The Hall–Kier alpha value is -2.24. The van der Waals surface area contributed by atoms with Gasteiger partial charge in [-0.2, -0.15) is 13.2 Å². The average molecular weight is 352 g/mol. The number of carbonyl (C=O) groups is 1. The molecule has 0 unspecified atom stereocenters. The molecule has 0 bridgehead atoms. The van der Waals surface area contributed by atoms with E-state index >= 15 is 0 Å². The van der Waals surface area contributed by atoms with Crippen molar-refractivity contribution < 1.29 is 18.0 Å². The first kappa shape index (κ1) is 19.1. The lowest BCUT2D eigenvalue weighted by atomic mass is 10.1. The summed E-state index contributed by atoms with van der Waals surface area (Å²) in [5.41, 5.74) is 2.16. The fourth-order valence-electron chi connectivity index (χ4n) is 3.13. The molecule has 25 heavy (non-hydrogen) atoms. The maximum Gasteiger partial charge on any atom is 0.416 e. The molecule has 2 rings (SSSR count). The van der Waals surface area contributed by atoms with E-state index in [1.54, 1.807) is 0 Å². The van der Waals surface area contributed by atoms with Gasteiger partial charge in [0.15, 0.2) is 5.78 Å². The van der Waals surface area contributed by atoms with Gasteiger partial charge in [0.1, 0.15) is 0 Å². The predicted octanol–water partition coefficient (Wildman–Crippen LogP) is 5.17. The highest BCUT2D eigenvalue weighted by Crippen LogP contribution is 2.30. The molecule has 0 fully saturated rings. The second kappa shape index (κ2) is 6.58. The summed E-state index contributed by atoms with van der Waals surface area (Å²) in [5, 5.41) is 2.89. The van der Waals surface area contributed by atoms with Crippen LogP contribution in [0.25, 0.3) is 0 Å². The van der Waals surface area contributed by atoms with E-state index in [4.69, 9.17) is 0 Å². The second-order valence-electron chi connectivity index (χ2n) is 7.14. The summed E-state index contributed by atoms with van der Waals surface area (Å²) >= 11 is 0. The van der Waals surface area contributed by atoms with Crippen LogP contribution in [0.1, 0.15) is 48.1 Å². The summed E-state index contributed by atoms with van der Waals surface area (Å²) in [6, 6.07) is 6.51. The third-order valence-corrected chi connectivity index (χ3v) is 4.07. The number of nitrogens with zero attached hydrogens (tertiary/aromatic N) is 1. The van der Waals surface area contributed by atoms with Crippen molar-refractivity contribution in [1.29, 1.82) is 0 Å². The Bertz CT molecular complexity index is 766. The first-order chi connectivity index (χ1) is 11.4. The van der Waals surface area contributed by atoms with E-state index in [1.807, 2.05) is 19.9 Å². The number of aromatic nitrogens is 1. The molecule has 136 valence electrons. The molecule has 1 heterocycles. The number of carbonyl (C=O) groups excluding carboxylic acids is 1. The van der Waals surface area contributed by atoms with Crippen LogP contribution < -0.4 is 5.32 Å². The van der Waals surface area contributed by atoms with Crippen molar-refractivity contribution >= 4 is 11.5 Å². The molecule has 0 atom stereocenters. The largest absolute Gasteiger partial charge is 0.416 e. The molecule has 0 radical (unpaired) electrons. The normalized spacial score (nSPS) is 12.3. The van der Waals surface area contributed by atoms with Crippen molar-refractivity contribution in [2.75, 3.05) is 11.9 Å². The van der Waals surface area contributed by atoms with Gasteiger partial charge in [-0.3, -0.25) is 4.79 Å². The van der Waals surface area contributed by atoms with Crippen molar-refractivity contribution in [3.8, 4) is 0 Å². The number of hydrogen-bond acceptors (Lipinski definition) is 2. The molecule has 1 N–H and O–H groups in total. The lowest BCUT2D eigenvalue weighted by molar-refractivity contribution is -0.137. The maximum absolute atomic E-state index is 12.6. The Morgan fingerprint density at radius 3 is 2.08 bits per heavy atom. The minimum Gasteiger partial charge on any atom is -0.378 e. The van der Waals surface area contributed by atoms with Crippen molar-refractivity contribution in [3.63, 3.8) is 0 Å². The number of anilines is 1. The van der Waals surface area contributed by atoms with Crippen LogP contribution in [-0.2, 0) is 11.7 Å². The van der Waals surface area contributed by atoms with Gasteiger partial charge in [-0.05, 0) is 65.0 Å². The second-order valence-corrected chi connectivity index (χ2v) is 7.14. The fraction of sp³-hybridized carbons (Fsp3) is 0.421. The SMILES string of the molecule is Cc1cc(C(=O)CNc2ccc(C(F)(F)F)cc2)c(C)n1C(C)(C)C. The van der Waals surface area contributed by atoms with Gasteiger partial charge < -0.3 is 9.88 Å². The van der Waals surface area contributed by atoms with Crippen LogP contribution in [0, 0.1) is 13.8 Å². The maximum atomic E-state index is 12.6. The van der Waals surface area contributed by atoms with Gasteiger partial charge in [0.05, 0.1) is 12.1 Å². The number of halogens is 3. The molecule has 0 saturated carbocycles. The van der Waals surface area contributed by atoms with Crippen LogP contribution in [0.15, 0.2) is 30.3 Å². The Balaban J connectivity index is 2.11. The van der Waals surface area contributed by atoms with Crippen molar-refractivity contribution in [2.24, 2.45) is 0 Å². The third kappa shape index (κ3) is 4.24. The zero-order chi connectivity index (χ0) is 19.0. The summed E-state index contributed by atoms with van der Waals surface area (Å²) in [6.45, 7) is 10.1. The molecule has 0 aliphatic heterocycles. The van der Waals surface area contributed by atoms with Gasteiger partial charge in [0.25, 0.3) is 0 Å². The van der Waals surface area contributed by atoms with E-state index in [0.717, 1.165) is 23.5 Å². The van der Waals surface area contributed by atoms with E-state index in [9.17, 15) is 18.0 Å². The molecule has 6 heteroatoms. The Morgan fingerprint density at radius 1 is 1.08 bits per heavy atom. The zero-order valence-electron chi connectivity index (χ0n) is 15.1. The van der Waals surface area contributed by atoms with Crippen molar-refractivity contribution in [3.05, 3.63) is 52.8 Å². The van der Waals surface area contributed by atoms with Crippen molar-refractivity contribution in [2.45, 2.75) is 46.3 Å². The van der Waals surface area contributed by atoms with Crippen LogP contribution in [-0.4, -0.2) is 16.9 Å². The van der Waals surface area contributed by atoms with Gasteiger partial charge in [-0.1, -0.05) is 0 Å². The van der Waals surface area contributed by atoms with E-state index < -0.39 is 11.7 Å². The fourth-order valence-corrected chi connectivity index (χ4v) is 3.13. The van der Waals surface area contributed by atoms with E-state index in [1.165, 1.54) is 12.1 Å². The van der Waals surface area contributed by atoms with Crippen LogP contribution in [0.5, 0.6) is 0 Å². The monoisotopic (exact) mass is 352 g/mol. The zero-order valence-corrected chi connectivity index (χ0v) is 15.1. The molecule has 0 aliphatic carbocycles.